The lowest BCUT2D eigenvalue weighted by atomic mass is 9.97. The van der Waals surface area contributed by atoms with Crippen molar-refractivity contribution in [3.63, 3.8) is 0 Å². The van der Waals surface area contributed by atoms with Gasteiger partial charge in [0.25, 0.3) is 5.91 Å². The zero-order valence-electron chi connectivity index (χ0n) is 12.8. The lowest BCUT2D eigenvalue weighted by molar-refractivity contribution is 0.0882. The molecule has 5 heteroatoms. The highest BCUT2D eigenvalue weighted by Gasteiger charge is 2.33. The number of nitrogens with one attached hydrogen (secondary N) is 1. The predicted octanol–water partition coefficient (Wildman–Crippen LogP) is 3.42. The Bertz CT molecular complexity index is 698. The van der Waals surface area contributed by atoms with Gasteiger partial charge in [-0.2, -0.15) is 0 Å². The fourth-order valence-electron chi connectivity index (χ4n) is 3.65. The molecule has 2 aliphatic rings. The summed E-state index contributed by atoms with van der Waals surface area (Å²) in [7, 11) is 0. The van der Waals surface area contributed by atoms with Crippen LogP contribution >= 0.6 is 11.6 Å². The first-order valence-corrected chi connectivity index (χ1v) is 8.44. The number of amides is 1. The molecule has 3 heterocycles. The highest BCUT2D eigenvalue weighted by Crippen LogP contribution is 2.27. The highest BCUT2D eigenvalue weighted by molar-refractivity contribution is 6.30. The van der Waals surface area contributed by atoms with Crippen LogP contribution in [0.2, 0.25) is 5.02 Å². The number of carbonyl (C=O) groups is 1. The lowest BCUT2D eigenvalue weighted by Crippen LogP contribution is -2.46. The van der Waals surface area contributed by atoms with Crippen molar-refractivity contribution < 1.29 is 9.21 Å². The Kier molecular flexibility index (Phi) is 3.87. The topological polar surface area (TPSA) is 45.5 Å². The van der Waals surface area contributed by atoms with Crippen molar-refractivity contribution in [3.8, 4) is 11.3 Å². The lowest BCUT2D eigenvalue weighted by Gasteiger charge is -2.30. The largest absolute Gasteiger partial charge is 0.451 e. The molecule has 2 fully saturated rings. The first kappa shape index (κ1) is 14.8. The number of nitrogens with zero attached hydrogens (tertiary/aromatic N) is 1. The van der Waals surface area contributed by atoms with Crippen LogP contribution in [-0.4, -0.2) is 36.5 Å². The summed E-state index contributed by atoms with van der Waals surface area (Å²) in [4.78, 5) is 14.8. The van der Waals surface area contributed by atoms with Crippen LogP contribution in [0.5, 0.6) is 0 Å². The van der Waals surface area contributed by atoms with Crippen molar-refractivity contribution in [2.45, 2.75) is 18.9 Å². The number of carbonyl (C=O) groups excluding carboxylic acids is 1. The Morgan fingerprint density at radius 1 is 1.17 bits per heavy atom. The van der Waals surface area contributed by atoms with E-state index >= 15 is 0 Å². The molecule has 120 valence electrons. The molecule has 3 atom stereocenters. The van der Waals surface area contributed by atoms with Crippen molar-refractivity contribution in [1.82, 2.24) is 10.2 Å². The third-order valence-electron chi connectivity index (χ3n) is 4.76. The van der Waals surface area contributed by atoms with Crippen molar-refractivity contribution in [2.75, 3.05) is 19.6 Å². The fourth-order valence-corrected chi connectivity index (χ4v) is 3.78. The highest BCUT2D eigenvalue weighted by atomic mass is 35.5. The Hall–Kier alpha value is -1.78. The first-order chi connectivity index (χ1) is 11.2. The number of furan rings is 1. The summed E-state index contributed by atoms with van der Waals surface area (Å²) in [6, 6.07) is 11.2. The van der Waals surface area contributed by atoms with E-state index in [1.165, 1.54) is 19.5 Å². The van der Waals surface area contributed by atoms with Gasteiger partial charge in [0.05, 0.1) is 0 Å². The van der Waals surface area contributed by atoms with Gasteiger partial charge in [0.15, 0.2) is 5.76 Å². The van der Waals surface area contributed by atoms with Crippen molar-refractivity contribution in [2.24, 2.45) is 5.92 Å². The Morgan fingerprint density at radius 3 is 2.78 bits per heavy atom. The van der Waals surface area contributed by atoms with Crippen LogP contribution in [0.4, 0.5) is 0 Å². The SMILES string of the molecule is O=C(N[C@@H]1C[C@@H]2CCN(C2)C1)c1ccc(-c2ccc(Cl)cc2)o1. The summed E-state index contributed by atoms with van der Waals surface area (Å²) in [5.74, 6) is 1.65. The molecular formula is C18H19ClN2O2. The fraction of sp³-hybridized carbons (Fsp3) is 0.389. The van der Waals surface area contributed by atoms with E-state index in [4.69, 9.17) is 16.0 Å². The molecule has 4 rings (SSSR count). The van der Waals surface area contributed by atoms with Crippen LogP contribution in [0.25, 0.3) is 11.3 Å². The van der Waals surface area contributed by atoms with E-state index in [0.717, 1.165) is 24.4 Å². The van der Waals surface area contributed by atoms with Gasteiger partial charge in [0, 0.05) is 29.7 Å². The molecule has 0 aliphatic carbocycles. The van der Waals surface area contributed by atoms with Crippen LogP contribution in [0.1, 0.15) is 23.4 Å². The summed E-state index contributed by atoms with van der Waals surface area (Å²) < 4.78 is 5.71. The van der Waals surface area contributed by atoms with Crippen LogP contribution in [0.15, 0.2) is 40.8 Å². The molecule has 23 heavy (non-hydrogen) atoms. The Morgan fingerprint density at radius 2 is 2.00 bits per heavy atom. The molecular weight excluding hydrogens is 312 g/mol. The molecule has 1 amide bonds. The maximum absolute atomic E-state index is 12.4. The molecule has 2 saturated heterocycles. The summed E-state index contributed by atoms with van der Waals surface area (Å²) >= 11 is 5.89. The number of hydrogen-bond acceptors (Lipinski definition) is 3. The second kappa shape index (κ2) is 6.02. The predicted molar refractivity (Wildman–Crippen MR) is 89.6 cm³/mol. The molecule has 2 aromatic rings. The van der Waals surface area contributed by atoms with Crippen LogP contribution < -0.4 is 5.32 Å². The van der Waals surface area contributed by atoms with E-state index in [1.54, 1.807) is 6.07 Å². The normalized spacial score (nSPS) is 26.2. The number of hydrogen-bond donors (Lipinski definition) is 1. The monoisotopic (exact) mass is 330 g/mol. The zero-order chi connectivity index (χ0) is 15.8. The minimum absolute atomic E-state index is 0.127. The first-order valence-electron chi connectivity index (χ1n) is 8.06. The maximum atomic E-state index is 12.4. The minimum atomic E-state index is -0.127. The Balaban J connectivity index is 1.44. The average molecular weight is 331 g/mol. The molecule has 1 N–H and O–H groups in total. The Labute approximate surface area is 140 Å². The molecule has 1 aromatic carbocycles. The third-order valence-corrected chi connectivity index (χ3v) is 5.01. The van der Waals surface area contributed by atoms with E-state index in [-0.39, 0.29) is 11.9 Å². The van der Waals surface area contributed by atoms with Gasteiger partial charge in [0.2, 0.25) is 0 Å². The van der Waals surface area contributed by atoms with Crippen LogP contribution in [0, 0.1) is 5.92 Å². The summed E-state index contributed by atoms with van der Waals surface area (Å²) in [6.07, 6.45) is 2.33. The minimum Gasteiger partial charge on any atom is -0.451 e. The smallest absolute Gasteiger partial charge is 0.287 e. The number of halogens is 1. The molecule has 0 spiro atoms. The van der Waals surface area contributed by atoms with E-state index in [2.05, 4.69) is 10.2 Å². The van der Waals surface area contributed by atoms with E-state index in [0.29, 0.717) is 16.5 Å². The van der Waals surface area contributed by atoms with Gasteiger partial charge in [-0.05, 0) is 61.7 Å². The van der Waals surface area contributed by atoms with Gasteiger partial charge < -0.3 is 14.6 Å². The van der Waals surface area contributed by atoms with E-state index in [1.807, 2.05) is 30.3 Å². The van der Waals surface area contributed by atoms with Gasteiger partial charge in [-0.3, -0.25) is 4.79 Å². The second-order valence-corrected chi connectivity index (χ2v) is 6.93. The van der Waals surface area contributed by atoms with E-state index < -0.39 is 0 Å². The van der Waals surface area contributed by atoms with Crippen molar-refractivity contribution in [3.05, 3.63) is 47.2 Å². The average Bonchev–Trinajstić information content (AvgIpc) is 3.15. The third kappa shape index (κ3) is 3.14. The molecule has 0 radical (unpaired) electrons. The van der Waals surface area contributed by atoms with Crippen LogP contribution in [0.3, 0.4) is 0 Å². The van der Waals surface area contributed by atoms with Gasteiger partial charge >= 0.3 is 0 Å². The molecule has 4 nitrogen and oxygen atoms in total. The second-order valence-electron chi connectivity index (χ2n) is 6.49. The van der Waals surface area contributed by atoms with Crippen LogP contribution in [-0.2, 0) is 0 Å². The summed E-state index contributed by atoms with van der Waals surface area (Å²) in [5, 5.41) is 3.80. The number of rotatable bonds is 3. The summed E-state index contributed by atoms with van der Waals surface area (Å²) in [6.45, 7) is 3.30. The van der Waals surface area contributed by atoms with Crippen molar-refractivity contribution in [1.29, 1.82) is 0 Å². The van der Waals surface area contributed by atoms with Gasteiger partial charge in [-0.1, -0.05) is 11.6 Å². The van der Waals surface area contributed by atoms with Gasteiger partial charge in [-0.15, -0.1) is 0 Å². The van der Waals surface area contributed by atoms with E-state index in [9.17, 15) is 4.79 Å². The van der Waals surface area contributed by atoms with Gasteiger partial charge in [-0.25, -0.2) is 0 Å². The van der Waals surface area contributed by atoms with Gasteiger partial charge in [0.1, 0.15) is 5.76 Å². The molecule has 1 aromatic heterocycles. The number of benzene rings is 1. The molecule has 2 bridgehead atoms. The standard InChI is InChI=1S/C18H19ClN2O2/c19-14-3-1-13(2-4-14)16-5-6-17(23-16)18(22)20-15-9-12-7-8-21(10-12)11-15/h1-6,12,15H,7-11H2,(H,20,22)/t12-,15+/m0/s1. The van der Waals surface area contributed by atoms with Crippen molar-refractivity contribution >= 4 is 17.5 Å². The zero-order valence-corrected chi connectivity index (χ0v) is 13.6. The quantitative estimate of drug-likeness (QED) is 0.938. The molecule has 2 aliphatic heterocycles. The summed E-state index contributed by atoms with van der Waals surface area (Å²) in [5.41, 5.74) is 0.912. The molecule has 1 unspecified atom stereocenters. The molecule has 0 saturated carbocycles. The number of fused-ring (bicyclic) bond motifs is 2. The maximum Gasteiger partial charge on any atom is 0.287 e. The number of piperidine rings is 1.